The smallest absolute Gasteiger partial charge is 0.273 e. The predicted molar refractivity (Wildman–Crippen MR) is 165 cm³/mol. The van der Waals surface area contributed by atoms with Crippen LogP contribution < -0.4 is 16.0 Å². The first kappa shape index (κ1) is 31.3. The van der Waals surface area contributed by atoms with Crippen LogP contribution in [0.25, 0.3) is 4.96 Å². The van der Waals surface area contributed by atoms with Crippen molar-refractivity contribution in [2.75, 3.05) is 13.1 Å². The van der Waals surface area contributed by atoms with E-state index in [2.05, 4.69) is 30.9 Å². The van der Waals surface area contributed by atoms with Crippen molar-refractivity contribution < 1.29 is 23.6 Å². The summed E-state index contributed by atoms with van der Waals surface area (Å²) in [7, 11) is 0. The number of nitrogens with zero attached hydrogens (tertiary/aromatic N) is 5. The molecule has 44 heavy (non-hydrogen) atoms. The first-order chi connectivity index (χ1) is 20.8. The molecule has 4 bridgehead atoms. The summed E-state index contributed by atoms with van der Waals surface area (Å²) in [5, 5.41) is 12.9. The molecule has 5 heterocycles. The summed E-state index contributed by atoms with van der Waals surface area (Å²) in [6.07, 6.45) is 1.76. The number of rotatable bonds is 3. The lowest BCUT2D eigenvalue weighted by Crippen LogP contribution is -2.49. The Kier molecular flexibility index (Phi) is 8.88. The second-order valence-electron chi connectivity index (χ2n) is 11.7. The van der Waals surface area contributed by atoms with E-state index in [0.29, 0.717) is 27.1 Å². The molecule has 1 aliphatic heterocycles. The molecule has 4 amide bonds. The van der Waals surface area contributed by atoms with Crippen molar-refractivity contribution in [3.63, 3.8) is 0 Å². The fourth-order valence-electron chi connectivity index (χ4n) is 5.12. The molecule has 0 saturated carbocycles. The van der Waals surface area contributed by atoms with E-state index in [1.807, 2.05) is 33.1 Å². The summed E-state index contributed by atoms with van der Waals surface area (Å²) in [5.74, 6) is -1.40. The van der Waals surface area contributed by atoms with Gasteiger partial charge in [0.1, 0.15) is 28.2 Å². The standard InChI is InChI=1S/C29H36N8O5S2/c1-13(2)20-26-35-22(17(7)42-26)25(40)30-15(5)10-36(28(41)23-16(6)31-29-37(23)8-9-43-29)11-19(38)33-21(14(3)4)27-32-18(12-44-27)24(39)34-20/h8-9,12-15,20-21H,10-11H2,1-7H3,(H,30,40)(H,33,38)(H,34,39)/t15-,20-,21+/m1/s1. The van der Waals surface area contributed by atoms with E-state index in [9.17, 15) is 19.2 Å². The van der Waals surface area contributed by atoms with Gasteiger partial charge in [-0.2, -0.15) is 0 Å². The number of hydrogen-bond acceptors (Lipinski definition) is 10. The number of fused-ring (bicyclic) bond motifs is 5. The molecule has 0 saturated heterocycles. The molecular weight excluding hydrogens is 605 g/mol. The molecule has 3 atom stereocenters. The number of oxazole rings is 1. The van der Waals surface area contributed by atoms with Crippen LogP contribution in [0.3, 0.4) is 0 Å². The minimum atomic E-state index is -0.620. The SMILES string of the molecule is Cc1nc2sccn2c1C(=O)N1CC(=O)N[C@@H](C(C)C)c2nc(cs2)C(=O)N[C@H](C(C)C)c2nc(c(C)o2)C(=O)N[C@H](C)C1. The fraction of sp³-hybridized carbons (Fsp3) is 0.483. The van der Waals surface area contributed by atoms with E-state index in [4.69, 9.17) is 4.42 Å². The highest BCUT2D eigenvalue weighted by Gasteiger charge is 2.32. The lowest BCUT2D eigenvalue weighted by Gasteiger charge is -2.27. The quantitative estimate of drug-likeness (QED) is 0.305. The number of nitrogens with one attached hydrogen (secondary N) is 3. The first-order valence-corrected chi connectivity index (χ1v) is 16.1. The van der Waals surface area contributed by atoms with Gasteiger partial charge in [0.05, 0.1) is 18.3 Å². The molecule has 15 heteroatoms. The number of aromatic nitrogens is 4. The molecule has 0 aromatic carbocycles. The predicted octanol–water partition coefficient (Wildman–Crippen LogP) is 3.67. The van der Waals surface area contributed by atoms with E-state index in [-0.39, 0.29) is 42.2 Å². The van der Waals surface area contributed by atoms with Crippen LogP contribution in [0.2, 0.25) is 0 Å². The minimum absolute atomic E-state index is 0.0387. The van der Waals surface area contributed by atoms with Crippen molar-refractivity contribution in [3.8, 4) is 0 Å². The Bertz CT molecular complexity index is 1720. The summed E-state index contributed by atoms with van der Waals surface area (Å²) >= 11 is 2.67. The van der Waals surface area contributed by atoms with E-state index < -0.39 is 41.8 Å². The molecular formula is C29H36N8O5S2. The third-order valence-corrected chi connectivity index (χ3v) is 9.07. The Hall–Kier alpha value is -4.11. The molecule has 1 aliphatic rings. The maximum Gasteiger partial charge on any atom is 0.273 e. The van der Waals surface area contributed by atoms with Crippen LogP contribution in [0.5, 0.6) is 0 Å². The van der Waals surface area contributed by atoms with Crippen molar-refractivity contribution in [2.45, 2.75) is 66.6 Å². The lowest BCUT2D eigenvalue weighted by atomic mass is 10.0. The molecule has 5 rings (SSSR count). The van der Waals surface area contributed by atoms with Crippen molar-refractivity contribution in [1.29, 1.82) is 0 Å². The molecule has 0 spiro atoms. The number of thiazole rings is 2. The lowest BCUT2D eigenvalue weighted by molar-refractivity contribution is -0.122. The van der Waals surface area contributed by atoms with E-state index >= 15 is 0 Å². The van der Waals surface area contributed by atoms with Gasteiger partial charge in [-0.1, -0.05) is 27.7 Å². The van der Waals surface area contributed by atoms with Crippen molar-refractivity contribution >= 4 is 51.3 Å². The van der Waals surface area contributed by atoms with Gasteiger partial charge in [-0.05, 0) is 32.6 Å². The number of carbonyl (C=O) groups is 4. The van der Waals surface area contributed by atoms with E-state index in [1.54, 1.807) is 36.7 Å². The number of aryl methyl sites for hydroxylation is 2. The van der Waals surface area contributed by atoms with Gasteiger partial charge in [0.25, 0.3) is 17.7 Å². The van der Waals surface area contributed by atoms with Gasteiger partial charge in [-0.3, -0.25) is 23.6 Å². The van der Waals surface area contributed by atoms with E-state index in [0.717, 1.165) is 0 Å². The van der Waals surface area contributed by atoms with E-state index in [1.165, 1.54) is 27.6 Å². The highest BCUT2D eigenvalue weighted by Crippen LogP contribution is 2.28. The van der Waals surface area contributed by atoms with Gasteiger partial charge in [0, 0.05) is 29.5 Å². The average Bonchev–Trinajstić information content (AvgIpc) is 3.73. The third-order valence-electron chi connectivity index (χ3n) is 7.38. The molecule has 4 aromatic rings. The Balaban J connectivity index is 1.54. The summed E-state index contributed by atoms with van der Waals surface area (Å²) in [6.45, 7) is 12.6. The van der Waals surface area contributed by atoms with Gasteiger partial charge >= 0.3 is 0 Å². The normalized spacial score (nSPS) is 20.4. The number of carbonyl (C=O) groups excluding carboxylic acids is 4. The van der Waals surface area contributed by atoms with Gasteiger partial charge in [0.2, 0.25) is 11.8 Å². The Morgan fingerprint density at radius 1 is 0.977 bits per heavy atom. The van der Waals surface area contributed by atoms with Crippen LogP contribution >= 0.6 is 22.7 Å². The number of amides is 4. The zero-order valence-corrected chi connectivity index (χ0v) is 27.3. The van der Waals surface area contributed by atoms with Gasteiger partial charge in [-0.15, -0.1) is 22.7 Å². The first-order valence-electron chi connectivity index (χ1n) is 14.4. The molecule has 0 unspecified atom stereocenters. The van der Waals surface area contributed by atoms with Crippen LogP contribution in [0.4, 0.5) is 0 Å². The minimum Gasteiger partial charge on any atom is -0.443 e. The third kappa shape index (κ3) is 6.24. The molecule has 13 nitrogen and oxygen atoms in total. The number of imidazole rings is 1. The highest BCUT2D eigenvalue weighted by atomic mass is 32.1. The second kappa shape index (κ2) is 12.5. The Morgan fingerprint density at radius 3 is 2.41 bits per heavy atom. The summed E-state index contributed by atoms with van der Waals surface area (Å²) < 4.78 is 7.59. The maximum absolute atomic E-state index is 14.0. The molecule has 0 aliphatic carbocycles. The maximum atomic E-state index is 14.0. The molecule has 4 aromatic heterocycles. The van der Waals surface area contributed by atoms with Gasteiger partial charge in [-0.25, -0.2) is 15.0 Å². The van der Waals surface area contributed by atoms with Crippen LogP contribution in [-0.4, -0.2) is 67.0 Å². The van der Waals surface area contributed by atoms with Crippen LogP contribution in [0, 0.1) is 25.7 Å². The van der Waals surface area contributed by atoms with Crippen LogP contribution in [-0.2, 0) is 4.79 Å². The van der Waals surface area contributed by atoms with Crippen molar-refractivity contribution in [1.82, 2.24) is 40.2 Å². The van der Waals surface area contributed by atoms with Crippen LogP contribution in [0.15, 0.2) is 21.4 Å². The van der Waals surface area contributed by atoms with Crippen molar-refractivity contribution in [2.24, 2.45) is 11.8 Å². The highest BCUT2D eigenvalue weighted by molar-refractivity contribution is 7.15. The summed E-state index contributed by atoms with van der Waals surface area (Å²) in [6, 6.07) is -1.68. The topological polar surface area (TPSA) is 164 Å². The molecule has 0 radical (unpaired) electrons. The van der Waals surface area contributed by atoms with Gasteiger partial charge < -0.3 is 25.3 Å². The average molecular weight is 641 g/mol. The summed E-state index contributed by atoms with van der Waals surface area (Å²) in [5.41, 5.74) is 1.16. The zero-order valence-electron chi connectivity index (χ0n) is 25.6. The van der Waals surface area contributed by atoms with Crippen molar-refractivity contribution in [3.05, 3.63) is 56.4 Å². The molecule has 3 N–H and O–H groups in total. The Labute approximate surface area is 262 Å². The monoisotopic (exact) mass is 640 g/mol. The number of hydrogen-bond donors (Lipinski definition) is 3. The zero-order chi connectivity index (χ0) is 31.9. The van der Waals surface area contributed by atoms with Gasteiger partial charge in [0.15, 0.2) is 10.7 Å². The Morgan fingerprint density at radius 2 is 1.70 bits per heavy atom. The second-order valence-corrected chi connectivity index (χ2v) is 13.4. The summed E-state index contributed by atoms with van der Waals surface area (Å²) in [4.78, 5) is 69.7. The molecule has 0 fully saturated rings. The molecule has 234 valence electrons. The van der Waals surface area contributed by atoms with Crippen LogP contribution in [0.1, 0.15) is 101 Å². The fourth-order valence-corrected chi connectivity index (χ4v) is 6.90. The largest absolute Gasteiger partial charge is 0.443 e.